The van der Waals surface area contributed by atoms with E-state index in [2.05, 4.69) is 20.8 Å². The zero-order valence-corrected chi connectivity index (χ0v) is 21.2. The fraction of sp³-hybridized carbons (Fsp3) is 0.273. The molecule has 2 aromatic carbocycles. The van der Waals surface area contributed by atoms with E-state index in [9.17, 15) is 19.7 Å². The van der Waals surface area contributed by atoms with Crippen LogP contribution in [0.2, 0.25) is 10.0 Å². The van der Waals surface area contributed by atoms with Gasteiger partial charge in [-0.05, 0) is 43.7 Å². The fourth-order valence-corrected chi connectivity index (χ4v) is 4.29. The van der Waals surface area contributed by atoms with Crippen molar-refractivity contribution in [3.8, 4) is 0 Å². The molecule has 1 heterocycles. The lowest BCUT2D eigenvalue weighted by Crippen LogP contribution is -2.26. The molecular weight excluding hydrogens is 515 g/mol. The molecule has 0 radical (unpaired) electrons. The number of non-ortho nitro benzene ring substituents is 1. The van der Waals surface area contributed by atoms with Crippen LogP contribution < -0.4 is 10.6 Å². The normalized spacial score (nSPS) is 10.7. The van der Waals surface area contributed by atoms with Crippen LogP contribution in [0.4, 0.5) is 11.4 Å². The number of aryl methyl sites for hydroxylation is 1. The molecule has 35 heavy (non-hydrogen) atoms. The fourth-order valence-electron chi connectivity index (χ4n) is 3.17. The third kappa shape index (κ3) is 6.93. The van der Waals surface area contributed by atoms with E-state index in [-0.39, 0.29) is 23.3 Å². The Bertz CT molecular complexity index is 1270. The van der Waals surface area contributed by atoms with Crippen molar-refractivity contribution < 1.29 is 14.5 Å². The van der Waals surface area contributed by atoms with Gasteiger partial charge in [-0.3, -0.25) is 19.7 Å². The topological polar surface area (TPSA) is 132 Å². The van der Waals surface area contributed by atoms with Crippen LogP contribution in [-0.2, 0) is 17.8 Å². The number of thioether (sulfide) groups is 1. The van der Waals surface area contributed by atoms with Crippen molar-refractivity contribution in [2.45, 2.75) is 32.0 Å². The number of aromatic nitrogens is 3. The van der Waals surface area contributed by atoms with Gasteiger partial charge in [-0.25, -0.2) is 0 Å². The smallest absolute Gasteiger partial charge is 0.269 e. The number of nitro groups is 1. The summed E-state index contributed by atoms with van der Waals surface area (Å²) in [5.74, 6) is 0.214. The van der Waals surface area contributed by atoms with Crippen LogP contribution >= 0.6 is 35.0 Å². The van der Waals surface area contributed by atoms with E-state index < -0.39 is 4.92 Å². The summed E-state index contributed by atoms with van der Waals surface area (Å²) in [6, 6.07) is 8.92. The molecule has 1 aromatic heterocycles. The summed E-state index contributed by atoms with van der Waals surface area (Å²) in [4.78, 5) is 35.1. The second-order valence-electron chi connectivity index (χ2n) is 7.37. The summed E-state index contributed by atoms with van der Waals surface area (Å²) in [5, 5.41) is 26.1. The molecule has 0 fully saturated rings. The third-order valence-electron chi connectivity index (χ3n) is 4.95. The SMILES string of the molecule is CCn1c(CCNC(=O)c2ccc(Cl)c(Cl)c2)nnc1SCC(=O)Nc1ccc([N+](=O)[O-])cc1C. The molecule has 0 saturated carbocycles. The molecular formula is C22H22Cl2N6O4S. The molecule has 0 atom stereocenters. The Labute approximate surface area is 215 Å². The van der Waals surface area contributed by atoms with Gasteiger partial charge >= 0.3 is 0 Å². The standard InChI is InChI=1S/C22H22Cl2N6O4S/c1-3-29-19(8-9-25-21(32)14-4-6-16(23)17(24)11-14)27-28-22(29)35-12-20(31)26-18-7-5-15(30(33)34)10-13(18)2/h4-7,10-11H,3,8-9,12H2,1-2H3,(H,25,32)(H,26,31). The number of nitrogens with zero attached hydrogens (tertiary/aromatic N) is 4. The summed E-state index contributed by atoms with van der Waals surface area (Å²) >= 11 is 13.1. The number of carbonyl (C=O) groups is 2. The maximum absolute atomic E-state index is 12.4. The Morgan fingerprint density at radius 3 is 2.57 bits per heavy atom. The average Bonchev–Trinajstić information content (AvgIpc) is 3.22. The quantitative estimate of drug-likeness (QED) is 0.221. The van der Waals surface area contributed by atoms with Crippen LogP contribution in [0, 0.1) is 17.0 Å². The van der Waals surface area contributed by atoms with E-state index in [0.717, 1.165) is 0 Å². The van der Waals surface area contributed by atoms with Crippen molar-refractivity contribution in [1.29, 1.82) is 0 Å². The highest BCUT2D eigenvalue weighted by atomic mass is 35.5. The molecule has 2 amide bonds. The first-order valence-electron chi connectivity index (χ1n) is 10.5. The Morgan fingerprint density at radius 1 is 1.14 bits per heavy atom. The highest BCUT2D eigenvalue weighted by molar-refractivity contribution is 7.99. The van der Waals surface area contributed by atoms with E-state index in [1.165, 1.54) is 36.0 Å². The summed E-state index contributed by atoms with van der Waals surface area (Å²) in [5.41, 5.74) is 1.48. The minimum absolute atomic E-state index is 0.0356. The van der Waals surface area contributed by atoms with Crippen molar-refractivity contribution >= 4 is 58.2 Å². The summed E-state index contributed by atoms with van der Waals surface area (Å²) < 4.78 is 1.88. The van der Waals surface area contributed by atoms with Gasteiger partial charge in [-0.1, -0.05) is 35.0 Å². The zero-order chi connectivity index (χ0) is 25.5. The number of rotatable bonds is 10. The van der Waals surface area contributed by atoms with E-state index in [1.54, 1.807) is 19.1 Å². The predicted molar refractivity (Wildman–Crippen MR) is 135 cm³/mol. The zero-order valence-electron chi connectivity index (χ0n) is 18.9. The maximum atomic E-state index is 12.4. The number of benzene rings is 2. The predicted octanol–water partition coefficient (Wildman–Crippen LogP) is 4.52. The molecule has 3 rings (SSSR count). The van der Waals surface area contributed by atoms with Gasteiger partial charge in [0.2, 0.25) is 5.91 Å². The lowest BCUT2D eigenvalue weighted by molar-refractivity contribution is -0.384. The van der Waals surface area contributed by atoms with Gasteiger partial charge in [0, 0.05) is 42.9 Å². The number of anilines is 1. The number of nitro benzene ring substituents is 1. The Balaban J connectivity index is 1.53. The van der Waals surface area contributed by atoms with Crippen LogP contribution in [-0.4, -0.2) is 43.8 Å². The number of amides is 2. The minimum Gasteiger partial charge on any atom is -0.352 e. The second kappa shape index (κ2) is 12.0. The molecule has 0 saturated heterocycles. The van der Waals surface area contributed by atoms with Gasteiger partial charge < -0.3 is 15.2 Å². The van der Waals surface area contributed by atoms with Gasteiger partial charge in [0.15, 0.2) is 5.16 Å². The van der Waals surface area contributed by atoms with Crippen LogP contribution in [0.3, 0.4) is 0 Å². The molecule has 0 unspecified atom stereocenters. The molecule has 10 nitrogen and oxygen atoms in total. The molecule has 0 bridgehead atoms. The Kier molecular flexibility index (Phi) is 9.07. The summed E-state index contributed by atoms with van der Waals surface area (Å²) in [7, 11) is 0. The van der Waals surface area contributed by atoms with Gasteiger partial charge in [0.05, 0.1) is 20.7 Å². The van der Waals surface area contributed by atoms with E-state index in [4.69, 9.17) is 23.2 Å². The summed E-state index contributed by atoms with van der Waals surface area (Å²) in [6.45, 7) is 4.55. The third-order valence-corrected chi connectivity index (χ3v) is 6.66. The van der Waals surface area contributed by atoms with E-state index >= 15 is 0 Å². The van der Waals surface area contributed by atoms with Crippen LogP contribution in [0.5, 0.6) is 0 Å². The van der Waals surface area contributed by atoms with Gasteiger partial charge in [-0.2, -0.15) is 0 Å². The molecule has 3 aromatic rings. The largest absolute Gasteiger partial charge is 0.352 e. The van der Waals surface area contributed by atoms with Crippen molar-refractivity contribution in [2.24, 2.45) is 0 Å². The van der Waals surface area contributed by atoms with Gasteiger partial charge in [0.25, 0.3) is 11.6 Å². The van der Waals surface area contributed by atoms with Crippen molar-refractivity contribution in [3.63, 3.8) is 0 Å². The van der Waals surface area contributed by atoms with Gasteiger partial charge in [-0.15, -0.1) is 10.2 Å². The monoisotopic (exact) mass is 536 g/mol. The molecule has 184 valence electrons. The lowest BCUT2D eigenvalue weighted by atomic mass is 10.2. The Morgan fingerprint density at radius 2 is 1.91 bits per heavy atom. The van der Waals surface area contributed by atoms with Crippen molar-refractivity contribution in [1.82, 2.24) is 20.1 Å². The molecule has 0 aliphatic heterocycles. The van der Waals surface area contributed by atoms with E-state index in [0.29, 0.717) is 57.4 Å². The number of hydrogen-bond acceptors (Lipinski definition) is 7. The van der Waals surface area contributed by atoms with E-state index in [1.807, 2.05) is 11.5 Å². The highest BCUT2D eigenvalue weighted by Gasteiger charge is 2.15. The van der Waals surface area contributed by atoms with Crippen molar-refractivity contribution in [3.05, 3.63) is 73.5 Å². The average molecular weight is 537 g/mol. The second-order valence-corrected chi connectivity index (χ2v) is 9.13. The molecule has 2 N–H and O–H groups in total. The van der Waals surface area contributed by atoms with Crippen LogP contribution in [0.15, 0.2) is 41.6 Å². The molecule has 0 spiro atoms. The number of halogens is 2. The minimum atomic E-state index is -0.484. The first-order chi connectivity index (χ1) is 16.7. The first-order valence-corrected chi connectivity index (χ1v) is 12.3. The van der Waals surface area contributed by atoms with Crippen molar-refractivity contribution in [2.75, 3.05) is 17.6 Å². The van der Waals surface area contributed by atoms with Crippen LogP contribution in [0.1, 0.15) is 28.7 Å². The highest BCUT2D eigenvalue weighted by Crippen LogP contribution is 2.24. The Hall–Kier alpha value is -3.15. The number of nitrogens with one attached hydrogen (secondary N) is 2. The number of hydrogen-bond donors (Lipinski definition) is 2. The first kappa shape index (κ1) is 26.5. The molecule has 0 aliphatic carbocycles. The summed E-state index contributed by atoms with van der Waals surface area (Å²) in [6.07, 6.45) is 0.447. The van der Waals surface area contributed by atoms with Crippen LogP contribution in [0.25, 0.3) is 0 Å². The lowest BCUT2D eigenvalue weighted by Gasteiger charge is -2.10. The maximum Gasteiger partial charge on any atom is 0.269 e. The number of carbonyl (C=O) groups excluding carboxylic acids is 2. The van der Waals surface area contributed by atoms with Gasteiger partial charge in [0.1, 0.15) is 5.82 Å². The molecule has 13 heteroatoms. The molecule has 0 aliphatic rings.